The van der Waals surface area contributed by atoms with E-state index >= 15 is 0 Å². The zero-order chi connectivity index (χ0) is 9.10. The van der Waals surface area contributed by atoms with Gasteiger partial charge in [0, 0.05) is 30.7 Å². The third-order valence-corrected chi connectivity index (χ3v) is 3.45. The highest BCUT2D eigenvalue weighted by Gasteiger charge is 2.18. The molecule has 1 aromatic heterocycles. The first kappa shape index (κ1) is 8.94. The molecule has 0 saturated carbocycles. The van der Waals surface area contributed by atoms with E-state index in [2.05, 4.69) is 28.0 Å². The molecule has 0 aliphatic carbocycles. The molecule has 0 radical (unpaired) electrons. The monoisotopic (exact) mass is 197 g/mol. The molecule has 1 fully saturated rings. The lowest BCUT2D eigenvalue weighted by Gasteiger charge is -2.14. The lowest BCUT2D eigenvalue weighted by molar-refractivity contribution is 0.565. The summed E-state index contributed by atoms with van der Waals surface area (Å²) in [5.74, 6) is 3.54. The fourth-order valence-electron chi connectivity index (χ4n) is 1.64. The number of hydrogen-bond donors (Lipinski definition) is 1. The first-order valence-electron chi connectivity index (χ1n) is 4.76. The smallest absolute Gasteiger partial charge is 0.203 e. The van der Waals surface area contributed by atoms with Gasteiger partial charge in [0.25, 0.3) is 0 Å². The summed E-state index contributed by atoms with van der Waals surface area (Å²) in [6.07, 6.45) is 5.23. The molecule has 1 aromatic rings. The maximum absolute atomic E-state index is 4.29. The van der Waals surface area contributed by atoms with E-state index < -0.39 is 0 Å². The number of nitrogens with zero attached hydrogens (tertiary/aromatic N) is 2. The molecule has 72 valence electrons. The molecule has 0 spiro atoms. The van der Waals surface area contributed by atoms with Crippen LogP contribution in [0.2, 0.25) is 0 Å². The van der Waals surface area contributed by atoms with Gasteiger partial charge in [-0.25, -0.2) is 4.98 Å². The van der Waals surface area contributed by atoms with Crippen LogP contribution in [0.25, 0.3) is 0 Å². The molecule has 1 aliphatic heterocycles. The van der Waals surface area contributed by atoms with Gasteiger partial charge in [0.2, 0.25) is 5.95 Å². The van der Waals surface area contributed by atoms with Gasteiger partial charge in [0.05, 0.1) is 0 Å². The Labute approximate surface area is 82.9 Å². The molecule has 1 N–H and O–H groups in total. The van der Waals surface area contributed by atoms with Crippen LogP contribution in [0.15, 0.2) is 12.4 Å². The molecule has 4 heteroatoms. The van der Waals surface area contributed by atoms with Crippen molar-refractivity contribution in [1.29, 1.82) is 0 Å². The highest BCUT2D eigenvalue weighted by atomic mass is 32.2. The van der Waals surface area contributed by atoms with E-state index in [4.69, 9.17) is 0 Å². The summed E-state index contributed by atoms with van der Waals surface area (Å²) < 4.78 is 2.27. The lowest BCUT2D eigenvalue weighted by Crippen LogP contribution is -2.12. The minimum absolute atomic E-state index is 0.654. The summed E-state index contributed by atoms with van der Waals surface area (Å²) in [5.41, 5.74) is 0. The number of anilines is 1. The topological polar surface area (TPSA) is 29.9 Å². The molecular weight excluding hydrogens is 182 g/mol. The number of imidazole rings is 1. The SMILES string of the molecule is CCNc1nccn1C1CCSC1. The average Bonchev–Trinajstić information content (AvgIpc) is 2.71. The Bertz CT molecular complexity index is 266. The van der Waals surface area contributed by atoms with Crippen LogP contribution in [0.5, 0.6) is 0 Å². The van der Waals surface area contributed by atoms with Crippen molar-refractivity contribution in [1.82, 2.24) is 9.55 Å². The average molecular weight is 197 g/mol. The first-order valence-corrected chi connectivity index (χ1v) is 5.91. The number of aromatic nitrogens is 2. The Kier molecular flexibility index (Phi) is 2.78. The fourth-order valence-corrected chi connectivity index (χ4v) is 2.85. The zero-order valence-corrected chi connectivity index (χ0v) is 8.68. The maximum Gasteiger partial charge on any atom is 0.203 e. The third kappa shape index (κ3) is 1.82. The molecule has 13 heavy (non-hydrogen) atoms. The lowest BCUT2D eigenvalue weighted by atomic mass is 10.2. The second-order valence-corrected chi connectivity index (χ2v) is 4.36. The van der Waals surface area contributed by atoms with Gasteiger partial charge in [-0.2, -0.15) is 11.8 Å². The van der Waals surface area contributed by atoms with Crippen LogP contribution in [-0.4, -0.2) is 27.6 Å². The van der Waals surface area contributed by atoms with Crippen molar-refractivity contribution < 1.29 is 0 Å². The second kappa shape index (κ2) is 4.05. The molecule has 1 saturated heterocycles. The molecule has 0 bridgehead atoms. The fraction of sp³-hybridized carbons (Fsp3) is 0.667. The Hall–Kier alpha value is -0.640. The van der Waals surface area contributed by atoms with Crippen LogP contribution in [-0.2, 0) is 0 Å². The van der Waals surface area contributed by atoms with Crippen molar-refractivity contribution in [2.45, 2.75) is 19.4 Å². The summed E-state index contributed by atoms with van der Waals surface area (Å²) in [6.45, 7) is 3.04. The quantitative estimate of drug-likeness (QED) is 0.803. The molecule has 1 aliphatic rings. The maximum atomic E-state index is 4.29. The highest BCUT2D eigenvalue weighted by molar-refractivity contribution is 7.99. The van der Waals surface area contributed by atoms with Crippen LogP contribution in [0.4, 0.5) is 5.95 Å². The number of nitrogens with one attached hydrogen (secondary N) is 1. The van der Waals surface area contributed by atoms with E-state index in [9.17, 15) is 0 Å². The van der Waals surface area contributed by atoms with Crippen LogP contribution in [0.3, 0.4) is 0 Å². The van der Waals surface area contributed by atoms with Crippen LogP contribution in [0, 0.1) is 0 Å². The van der Waals surface area contributed by atoms with Gasteiger partial charge in [-0.15, -0.1) is 0 Å². The van der Waals surface area contributed by atoms with Crippen molar-refractivity contribution in [2.75, 3.05) is 23.4 Å². The molecule has 0 amide bonds. The summed E-state index contributed by atoms with van der Waals surface area (Å²) in [5, 5.41) is 3.28. The standard InChI is InChI=1S/C9H15N3S/c1-2-10-9-11-4-5-12(9)8-3-6-13-7-8/h4-5,8H,2-3,6-7H2,1H3,(H,10,11). The molecular formula is C9H15N3S. The summed E-state index contributed by atoms with van der Waals surface area (Å²) >= 11 is 2.03. The van der Waals surface area contributed by atoms with E-state index in [1.54, 1.807) is 0 Å². The van der Waals surface area contributed by atoms with E-state index in [1.165, 1.54) is 17.9 Å². The minimum atomic E-state index is 0.654. The van der Waals surface area contributed by atoms with Gasteiger partial charge >= 0.3 is 0 Å². The van der Waals surface area contributed by atoms with Crippen molar-refractivity contribution in [3.8, 4) is 0 Å². The van der Waals surface area contributed by atoms with Crippen LogP contribution < -0.4 is 5.32 Å². The minimum Gasteiger partial charge on any atom is -0.356 e. The molecule has 1 unspecified atom stereocenters. The first-order chi connectivity index (χ1) is 6.42. The zero-order valence-electron chi connectivity index (χ0n) is 7.86. The van der Waals surface area contributed by atoms with Crippen molar-refractivity contribution in [3.05, 3.63) is 12.4 Å². The summed E-state index contributed by atoms with van der Waals surface area (Å²) in [7, 11) is 0. The van der Waals surface area contributed by atoms with E-state index in [-0.39, 0.29) is 0 Å². The van der Waals surface area contributed by atoms with Gasteiger partial charge in [0.1, 0.15) is 0 Å². The molecule has 3 nitrogen and oxygen atoms in total. The Morgan fingerprint density at radius 2 is 2.69 bits per heavy atom. The van der Waals surface area contributed by atoms with Crippen LogP contribution in [0.1, 0.15) is 19.4 Å². The predicted molar refractivity (Wildman–Crippen MR) is 57.4 cm³/mol. The molecule has 2 heterocycles. The van der Waals surface area contributed by atoms with Gasteiger partial charge in [-0.05, 0) is 19.1 Å². The predicted octanol–water partition coefficient (Wildman–Crippen LogP) is 1.99. The Morgan fingerprint density at radius 3 is 3.38 bits per heavy atom. The Morgan fingerprint density at radius 1 is 1.77 bits per heavy atom. The van der Waals surface area contributed by atoms with Gasteiger partial charge in [0.15, 0.2) is 0 Å². The van der Waals surface area contributed by atoms with Crippen LogP contribution >= 0.6 is 11.8 Å². The molecule has 0 aromatic carbocycles. The summed E-state index contributed by atoms with van der Waals surface area (Å²) in [4.78, 5) is 4.29. The normalized spacial score (nSPS) is 22.1. The molecule has 1 atom stereocenters. The van der Waals surface area contributed by atoms with Gasteiger partial charge in [-0.1, -0.05) is 0 Å². The van der Waals surface area contributed by atoms with E-state index in [1.807, 2.05) is 18.0 Å². The van der Waals surface area contributed by atoms with Crippen molar-refractivity contribution in [2.24, 2.45) is 0 Å². The van der Waals surface area contributed by atoms with E-state index in [0.29, 0.717) is 6.04 Å². The highest BCUT2D eigenvalue weighted by Crippen LogP contribution is 2.29. The largest absolute Gasteiger partial charge is 0.356 e. The number of thioether (sulfide) groups is 1. The van der Waals surface area contributed by atoms with Crippen molar-refractivity contribution in [3.63, 3.8) is 0 Å². The Balaban J connectivity index is 2.13. The van der Waals surface area contributed by atoms with Gasteiger partial charge < -0.3 is 9.88 Å². The van der Waals surface area contributed by atoms with E-state index in [0.717, 1.165) is 12.5 Å². The number of hydrogen-bond acceptors (Lipinski definition) is 3. The second-order valence-electron chi connectivity index (χ2n) is 3.21. The van der Waals surface area contributed by atoms with Gasteiger partial charge in [-0.3, -0.25) is 0 Å². The number of rotatable bonds is 3. The molecule has 2 rings (SSSR count). The van der Waals surface area contributed by atoms with Crippen molar-refractivity contribution >= 4 is 17.7 Å². The third-order valence-electron chi connectivity index (χ3n) is 2.30. The summed E-state index contributed by atoms with van der Waals surface area (Å²) in [6, 6.07) is 0.654.